The Labute approximate surface area is 99.2 Å². The zero-order valence-corrected chi connectivity index (χ0v) is 9.61. The summed E-state index contributed by atoms with van der Waals surface area (Å²) < 4.78 is 0. The minimum atomic E-state index is -0.708. The van der Waals surface area contributed by atoms with Gasteiger partial charge in [-0.15, -0.1) is 5.06 Å². The number of hydrogen-bond acceptors (Lipinski definition) is 4. The van der Waals surface area contributed by atoms with Gasteiger partial charge in [0.05, 0.1) is 0 Å². The third kappa shape index (κ3) is 2.95. The van der Waals surface area contributed by atoms with Crippen LogP contribution in [-0.4, -0.2) is 29.0 Å². The number of imide groups is 1. The first kappa shape index (κ1) is 11.9. The van der Waals surface area contributed by atoms with Crippen molar-refractivity contribution in [2.45, 2.75) is 51.0 Å². The molecule has 1 N–H and O–H groups in total. The van der Waals surface area contributed by atoms with Crippen LogP contribution in [0.2, 0.25) is 0 Å². The lowest BCUT2D eigenvalue weighted by Gasteiger charge is -2.23. The van der Waals surface area contributed by atoms with Crippen LogP contribution < -0.4 is 5.32 Å². The zero-order valence-electron chi connectivity index (χ0n) is 9.61. The van der Waals surface area contributed by atoms with Crippen LogP contribution in [0.15, 0.2) is 0 Å². The Bertz CT molecular complexity index is 320. The molecule has 1 aliphatic heterocycles. The lowest BCUT2D eigenvalue weighted by molar-refractivity contribution is -0.171. The number of nitrogens with zero attached hydrogens (tertiary/aromatic N) is 1. The number of amides is 3. The second-order valence-electron chi connectivity index (χ2n) is 4.44. The Hall–Kier alpha value is -1.59. The number of hydroxylamine groups is 2. The average Bonchev–Trinajstić information content (AvgIpc) is 2.62. The fourth-order valence-electron chi connectivity index (χ4n) is 2.18. The van der Waals surface area contributed by atoms with Gasteiger partial charge in [0, 0.05) is 18.9 Å². The van der Waals surface area contributed by atoms with Crippen molar-refractivity contribution in [2.75, 3.05) is 0 Å². The summed E-state index contributed by atoms with van der Waals surface area (Å²) in [7, 11) is 0. The van der Waals surface area contributed by atoms with Gasteiger partial charge in [-0.1, -0.05) is 19.3 Å². The summed E-state index contributed by atoms with van der Waals surface area (Å²) in [6.07, 6.45) is 4.76. The Kier molecular flexibility index (Phi) is 3.61. The van der Waals surface area contributed by atoms with E-state index in [-0.39, 0.29) is 18.9 Å². The summed E-state index contributed by atoms with van der Waals surface area (Å²) in [4.78, 5) is 38.6. The highest BCUT2D eigenvalue weighted by molar-refractivity contribution is 6.01. The number of rotatable bonds is 2. The SMILES string of the molecule is O=C(NC1CCCCC1)ON1C(=O)CCC1=O. The number of carbonyl (C=O) groups is 3. The lowest BCUT2D eigenvalue weighted by Crippen LogP contribution is -2.42. The van der Waals surface area contributed by atoms with Crippen molar-refractivity contribution < 1.29 is 19.2 Å². The number of hydrogen-bond donors (Lipinski definition) is 1. The molecule has 0 atom stereocenters. The highest BCUT2D eigenvalue weighted by atomic mass is 16.7. The molecule has 1 aliphatic carbocycles. The molecule has 3 amide bonds. The first-order valence-corrected chi connectivity index (χ1v) is 6.01. The van der Waals surface area contributed by atoms with E-state index in [4.69, 9.17) is 4.84 Å². The van der Waals surface area contributed by atoms with Gasteiger partial charge < -0.3 is 10.2 Å². The van der Waals surface area contributed by atoms with Gasteiger partial charge in [0.1, 0.15) is 0 Å². The molecule has 0 radical (unpaired) electrons. The van der Waals surface area contributed by atoms with Gasteiger partial charge >= 0.3 is 6.09 Å². The summed E-state index contributed by atoms with van der Waals surface area (Å²) >= 11 is 0. The van der Waals surface area contributed by atoms with E-state index in [1.807, 2.05) is 0 Å². The molecule has 6 nitrogen and oxygen atoms in total. The quantitative estimate of drug-likeness (QED) is 0.733. The molecular weight excluding hydrogens is 224 g/mol. The van der Waals surface area contributed by atoms with Gasteiger partial charge in [0.25, 0.3) is 11.8 Å². The molecule has 1 saturated carbocycles. The summed E-state index contributed by atoms with van der Waals surface area (Å²) in [5.41, 5.74) is 0. The van der Waals surface area contributed by atoms with Gasteiger partial charge in [-0.25, -0.2) is 4.79 Å². The van der Waals surface area contributed by atoms with Crippen molar-refractivity contribution in [3.8, 4) is 0 Å². The first-order valence-electron chi connectivity index (χ1n) is 6.01. The van der Waals surface area contributed by atoms with Crippen LogP contribution in [0.4, 0.5) is 4.79 Å². The molecule has 6 heteroatoms. The monoisotopic (exact) mass is 240 g/mol. The summed E-state index contributed by atoms with van der Waals surface area (Å²) in [5.74, 6) is -0.900. The van der Waals surface area contributed by atoms with Crippen molar-refractivity contribution in [3.05, 3.63) is 0 Å². The van der Waals surface area contributed by atoms with Crippen LogP contribution in [0.3, 0.4) is 0 Å². The van der Waals surface area contributed by atoms with Crippen LogP contribution in [0.1, 0.15) is 44.9 Å². The molecule has 0 unspecified atom stereocenters. The van der Waals surface area contributed by atoms with Crippen LogP contribution >= 0.6 is 0 Å². The van der Waals surface area contributed by atoms with Crippen LogP contribution in [0.5, 0.6) is 0 Å². The maximum absolute atomic E-state index is 11.5. The molecule has 94 valence electrons. The normalized spacial score (nSPS) is 21.8. The van der Waals surface area contributed by atoms with Crippen molar-refractivity contribution in [3.63, 3.8) is 0 Å². The van der Waals surface area contributed by atoms with Crippen LogP contribution in [0.25, 0.3) is 0 Å². The number of nitrogens with one attached hydrogen (secondary N) is 1. The first-order chi connectivity index (χ1) is 8.16. The van der Waals surface area contributed by atoms with E-state index in [1.165, 1.54) is 6.42 Å². The fraction of sp³-hybridized carbons (Fsp3) is 0.727. The van der Waals surface area contributed by atoms with Gasteiger partial charge in [0.2, 0.25) is 0 Å². The van der Waals surface area contributed by atoms with Crippen LogP contribution in [0, 0.1) is 0 Å². The van der Waals surface area contributed by atoms with E-state index >= 15 is 0 Å². The zero-order chi connectivity index (χ0) is 12.3. The molecule has 2 aliphatic rings. The Morgan fingerprint density at radius 2 is 1.71 bits per heavy atom. The molecule has 0 aromatic carbocycles. The summed E-state index contributed by atoms with van der Waals surface area (Å²) in [5, 5.41) is 3.25. The number of carbonyl (C=O) groups excluding carboxylic acids is 3. The molecule has 0 spiro atoms. The Balaban J connectivity index is 1.80. The second-order valence-corrected chi connectivity index (χ2v) is 4.44. The van der Waals surface area contributed by atoms with E-state index in [0.717, 1.165) is 25.7 Å². The molecule has 0 aromatic rings. The van der Waals surface area contributed by atoms with Crippen molar-refractivity contribution >= 4 is 17.9 Å². The fourth-order valence-corrected chi connectivity index (χ4v) is 2.18. The third-order valence-corrected chi connectivity index (χ3v) is 3.11. The van der Waals surface area contributed by atoms with Crippen LogP contribution in [-0.2, 0) is 14.4 Å². The molecule has 0 aromatic heterocycles. The smallest absolute Gasteiger partial charge is 0.317 e. The summed E-state index contributed by atoms with van der Waals surface area (Å²) in [6, 6.07) is 0.101. The minimum Gasteiger partial charge on any atom is -0.317 e. The van der Waals surface area contributed by atoms with E-state index < -0.39 is 17.9 Å². The van der Waals surface area contributed by atoms with Crippen molar-refractivity contribution in [2.24, 2.45) is 0 Å². The maximum Gasteiger partial charge on any atom is 0.432 e. The minimum absolute atomic E-state index is 0.101. The molecule has 2 rings (SSSR count). The molecule has 0 bridgehead atoms. The molecular formula is C11H16N2O4. The topological polar surface area (TPSA) is 75.7 Å². The Morgan fingerprint density at radius 1 is 1.12 bits per heavy atom. The highest BCUT2D eigenvalue weighted by Crippen LogP contribution is 2.18. The second kappa shape index (κ2) is 5.16. The van der Waals surface area contributed by atoms with E-state index in [9.17, 15) is 14.4 Å². The van der Waals surface area contributed by atoms with Crippen molar-refractivity contribution in [1.29, 1.82) is 0 Å². The third-order valence-electron chi connectivity index (χ3n) is 3.11. The maximum atomic E-state index is 11.5. The summed E-state index contributed by atoms with van der Waals surface area (Å²) in [6.45, 7) is 0. The molecule has 1 saturated heterocycles. The highest BCUT2D eigenvalue weighted by Gasteiger charge is 2.33. The molecule has 1 heterocycles. The van der Waals surface area contributed by atoms with Gasteiger partial charge in [0.15, 0.2) is 0 Å². The lowest BCUT2D eigenvalue weighted by atomic mass is 9.96. The largest absolute Gasteiger partial charge is 0.432 e. The van der Waals surface area contributed by atoms with E-state index in [0.29, 0.717) is 5.06 Å². The van der Waals surface area contributed by atoms with Gasteiger partial charge in [-0.2, -0.15) is 0 Å². The average molecular weight is 240 g/mol. The predicted molar refractivity (Wildman–Crippen MR) is 57.6 cm³/mol. The standard InChI is InChI=1S/C11H16N2O4/c14-9-6-7-10(15)13(9)17-11(16)12-8-4-2-1-3-5-8/h8H,1-7H2,(H,12,16). The van der Waals surface area contributed by atoms with Gasteiger partial charge in [-0.3, -0.25) is 9.59 Å². The van der Waals surface area contributed by atoms with E-state index in [2.05, 4.69) is 5.32 Å². The molecule has 17 heavy (non-hydrogen) atoms. The van der Waals surface area contributed by atoms with Crippen molar-refractivity contribution in [1.82, 2.24) is 10.4 Å². The molecule has 2 fully saturated rings. The van der Waals surface area contributed by atoms with E-state index in [1.54, 1.807) is 0 Å². The van der Waals surface area contributed by atoms with Gasteiger partial charge in [-0.05, 0) is 12.8 Å². The Morgan fingerprint density at radius 3 is 2.29 bits per heavy atom. The predicted octanol–water partition coefficient (Wildman–Crippen LogP) is 1.11.